The van der Waals surface area contributed by atoms with Crippen molar-refractivity contribution in [2.45, 2.75) is 33.2 Å². The SMILES string of the molecule is Cc1cc(C)c(CNC(=O)[C@@H]2CCCN(C(=O)Nc3ccccc3)C2)c(=O)[nH]1. The molecule has 2 heterocycles. The molecule has 1 aromatic carbocycles. The van der Waals surface area contributed by atoms with E-state index in [2.05, 4.69) is 15.6 Å². The minimum Gasteiger partial charge on any atom is -0.352 e. The summed E-state index contributed by atoms with van der Waals surface area (Å²) in [7, 11) is 0. The molecule has 28 heavy (non-hydrogen) atoms. The summed E-state index contributed by atoms with van der Waals surface area (Å²) >= 11 is 0. The summed E-state index contributed by atoms with van der Waals surface area (Å²) in [6.45, 7) is 4.87. The molecule has 1 saturated heterocycles. The molecule has 0 saturated carbocycles. The molecule has 0 aliphatic carbocycles. The fourth-order valence-corrected chi connectivity index (χ4v) is 3.52. The lowest BCUT2D eigenvalue weighted by atomic mass is 9.97. The van der Waals surface area contributed by atoms with E-state index in [0.717, 1.165) is 29.8 Å². The molecule has 3 rings (SSSR count). The number of anilines is 1. The number of nitrogens with zero attached hydrogens (tertiary/aromatic N) is 1. The lowest BCUT2D eigenvalue weighted by Gasteiger charge is -2.32. The number of aromatic nitrogens is 1. The molecule has 2 aromatic rings. The molecule has 3 N–H and O–H groups in total. The van der Waals surface area contributed by atoms with Crippen LogP contribution in [0.4, 0.5) is 10.5 Å². The van der Waals surface area contributed by atoms with Crippen molar-refractivity contribution in [3.63, 3.8) is 0 Å². The Morgan fingerprint density at radius 1 is 1.21 bits per heavy atom. The van der Waals surface area contributed by atoms with E-state index in [4.69, 9.17) is 0 Å². The van der Waals surface area contributed by atoms with Gasteiger partial charge in [-0.3, -0.25) is 9.59 Å². The van der Waals surface area contributed by atoms with Gasteiger partial charge in [0.15, 0.2) is 0 Å². The number of aromatic amines is 1. The molecule has 0 unspecified atom stereocenters. The number of urea groups is 1. The number of H-pyrrole nitrogens is 1. The van der Waals surface area contributed by atoms with Crippen LogP contribution in [0, 0.1) is 19.8 Å². The number of carbonyl (C=O) groups excluding carboxylic acids is 2. The highest BCUT2D eigenvalue weighted by atomic mass is 16.2. The lowest BCUT2D eigenvalue weighted by molar-refractivity contribution is -0.126. The maximum absolute atomic E-state index is 12.6. The summed E-state index contributed by atoms with van der Waals surface area (Å²) in [4.78, 5) is 41.6. The monoisotopic (exact) mass is 382 g/mol. The van der Waals surface area contributed by atoms with Crippen molar-refractivity contribution in [1.29, 1.82) is 0 Å². The van der Waals surface area contributed by atoms with Crippen LogP contribution in [-0.4, -0.2) is 34.9 Å². The first-order valence-corrected chi connectivity index (χ1v) is 9.52. The number of aryl methyl sites for hydroxylation is 2. The predicted molar refractivity (Wildman–Crippen MR) is 108 cm³/mol. The second kappa shape index (κ2) is 8.73. The van der Waals surface area contributed by atoms with E-state index in [9.17, 15) is 14.4 Å². The van der Waals surface area contributed by atoms with E-state index in [1.165, 1.54) is 0 Å². The van der Waals surface area contributed by atoms with Crippen LogP contribution in [0.25, 0.3) is 0 Å². The number of benzene rings is 1. The van der Waals surface area contributed by atoms with Crippen molar-refractivity contribution in [1.82, 2.24) is 15.2 Å². The zero-order valence-corrected chi connectivity index (χ0v) is 16.2. The normalized spacial score (nSPS) is 16.5. The minimum absolute atomic E-state index is 0.128. The Morgan fingerprint density at radius 3 is 2.68 bits per heavy atom. The van der Waals surface area contributed by atoms with Crippen LogP contribution in [0.1, 0.15) is 29.7 Å². The summed E-state index contributed by atoms with van der Waals surface area (Å²) < 4.78 is 0. The number of amides is 3. The van der Waals surface area contributed by atoms with Crippen molar-refractivity contribution < 1.29 is 9.59 Å². The third-order valence-corrected chi connectivity index (χ3v) is 5.04. The minimum atomic E-state index is -0.278. The Bertz CT molecular complexity index is 908. The molecular formula is C21H26N4O3. The largest absolute Gasteiger partial charge is 0.352 e. The molecular weight excluding hydrogens is 356 g/mol. The Balaban J connectivity index is 1.57. The first-order valence-electron chi connectivity index (χ1n) is 9.52. The molecule has 0 bridgehead atoms. The average molecular weight is 382 g/mol. The Kier molecular flexibility index (Phi) is 6.13. The third-order valence-electron chi connectivity index (χ3n) is 5.04. The van der Waals surface area contributed by atoms with Crippen molar-refractivity contribution >= 4 is 17.6 Å². The number of likely N-dealkylation sites (tertiary alicyclic amines) is 1. The van der Waals surface area contributed by atoms with E-state index < -0.39 is 0 Å². The quantitative estimate of drug-likeness (QED) is 0.758. The topological polar surface area (TPSA) is 94.3 Å². The second-order valence-corrected chi connectivity index (χ2v) is 7.24. The Hall–Kier alpha value is -3.09. The number of hydrogen-bond acceptors (Lipinski definition) is 3. The molecule has 1 atom stereocenters. The Labute approximate surface area is 164 Å². The van der Waals surface area contributed by atoms with Crippen molar-refractivity contribution in [3.05, 3.63) is 63.6 Å². The second-order valence-electron chi connectivity index (χ2n) is 7.24. The molecule has 1 aliphatic heterocycles. The molecule has 1 aliphatic rings. The highest BCUT2D eigenvalue weighted by Gasteiger charge is 2.28. The van der Waals surface area contributed by atoms with E-state index in [0.29, 0.717) is 18.7 Å². The molecule has 3 amide bonds. The fourth-order valence-electron chi connectivity index (χ4n) is 3.52. The van der Waals surface area contributed by atoms with Crippen LogP contribution in [-0.2, 0) is 11.3 Å². The standard InChI is InChI=1S/C21H26N4O3/c1-14-11-15(2)23-20(27)18(14)12-22-19(26)16-7-6-10-25(13-16)21(28)24-17-8-4-3-5-9-17/h3-5,8-9,11,16H,6-7,10,12-13H2,1-2H3,(H,22,26)(H,23,27)(H,24,28)/t16-/m1/s1. The van der Waals surface area contributed by atoms with Crippen LogP contribution in [0.3, 0.4) is 0 Å². The summed E-state index contributed by atoms with van der Waals surface area (Å²) in [5.74, 6) is -0.406. The molecule has 0 radical (unpaired) electrons. The van der Waals surface area contributed by atoms with Crippen molar-refractivity contribution in [2.75, 3.05) is 18.4 Å². The number of pyridine rings is 1. The van der Waals surface area contributed by atoms with Crippen molar-refractivity contribution in [3.8, 4) is 0 Å². The van der Waals surface area contributed by atoms with Gasteiger partial charge in [0.25, 0.3) is 5.56 Å². The average Bonchev–Trinajstić information content (AvgIpc) is 2.68. The third kappa shape index (κ3) is 4.79. The highest BCUT2D eigenvalue weighted by Crippen LogP contribution is 2.18. The number of piperidine rings is 1. The van der Waals surface area contributed by atoms with Gasteiger partial charge in [0, 0.05) is 36.6 Å². The van der Waals surface area contributed by atoms with Gasteiger partial charge < -0.3 is 20.5 Å². The molecule has 1 aromatic heterocycles. The number of hydrogen-bond donors (Lipinski definition) is 3. The van der Waals surface area contributed by atoms with Gasteiger partial charge in [-0.05, 0) is 50.5 Å². The van der Waals surface area contributed by atoms with E-state index >= 15 is 0 Å². The van der Waals surface area contributed by atoms with Crippen LogP contribution in [0.2, 0.25) is 0 Å². The van der Waals surface area contributed by atoms with Gasteiger partial charge in [-0.25, -0.2) is 4.79 Å². The van der Waals surface area contributed by atoms with Gasteiger partial charge >= 0.3 is 6.03 Å². The fraction of sp³-hybridized carbons (Fsp3) is 0.381. The van der Waals surface area contributed by atoms with E-state index in [-0.39, 0.29) is 30.0 Å². The number of nitrogens with one attached hydrogen (secondary N) is 3. The van der Waals surface area contributed by atoms with E-state index in [1.54, 1.807) is 4.90 Å². The van der Waals surface area contributed by atoms with Crippen LogP contribution < -0.4 is 16.2 Å². The van der Waals surface area contributed by atoms with Crippen LogP contribution >= 0.6 is 0 Å². The maximum atomic E-state index is 12.6. The van der Waals surface area contributed by atoms with Gasteiger partial charge in [0.2, 0.25) is 5.91 Å². The summed E-state index contributed by atoms with van der Waals surface area (Å²) in [6, 6.07) is 10.9. The summed E-state index contributed by atoms with van der Waals surface area (Å²) in [6.07, 6.45) is 1.49. The van der Waals surface area contributed by atoms with Gasteiger partial charge in [-0.2, -0.15) is 0 Å². The van der Waals surface area contributed by atoms with Crippen LogP contribution in [0.5, 0.6) is 0 Å². The maximum Gasteiger partial charge on any atom is 0.321 e. The summed E-state index contributed by atoms with van der Waals surface area (Å²) in [5.41, 5.74) is 2.77. The first-order chi connectivity index (χ1) is 13.4. The highest BCUT2D eigenvalue weighted by molar-refractivity contribution is 5.90. The van der Waals surface area contributed by atoms with Gasteiger partial charge in [0.05, 0.1) is 5.92 Å². The van der Waals surface area contributed by atoms with Crippen LogP contribution in [0.15, 0.2) is 41.2 Å². The molecule has 7 heteroatoms. The molecule has 7 nitrogen and oxygen atoms in total. The molecule has 0 spiro atoms. The number of para-hydroxylation sites is 1. The zero-order chi connectivity index (χ0) is 20.1. The van der Waals surface area contributed by atoms with E-state index in [1.807, 2.05) is 50.2 Å². The van der Waals surface area contributed by atoms with Gasteiger partial charge in [-0.1, -0.05) is 18.2 Å². The van der Waals surface area contributed by atoms with Crippen molar-refractivity contribution in [2.24, 2.45) is 5.92 Å². The molecule has 1 fully saturated rings. The predicted octanol–water partition coefficient (Wildman–Crippen LogP) is 2.55. The van der Waals surface area contributed by atoms with Gasteiger partial charge in [-0.15, -0.1) is 0 Å². The van der Waals surface area contributed by atoms with Gasteiger partial charge in [0.1, 0.15) is 0 Å². The first kappa shape index (κ1) is 19.7. The summed E-state index contributed by atoms with van der Waals surface area (Å²) in [5, 5.41) is 5.72. The smallest absolute Gasteiger partial charge is 0.321 e. The zero-order valence-electron chi connectivity index (χ0n) is 16.2. The Morgan fingerprint density at radius 2 is 1.96 bits per heavy atom. The molecule has 148 valence electrons. The number of carbonyl (C=O) groups is 2. The number of rotatable bonds is 4. The lowest BCUT2D eigenvalue weighted by Crippen LogP contribution is -2.47.